The summed E-state index contributed by atoms with van der Waals surface area (Å²) < 4.78 is 0. The molecular formula is C27H28N4O2. The molecule has 1 aliphatic heterocycles. The van der Waals surface area contributed by atoms with Crippen LogP contribution in [0.4, 0.5) is 5.82 Å². The van der Waals surface area contributed by atoms with Crippen LogP contribution in [0.15, 0.2) is 85.1 Å². The Morgan fingerprint density at radius 1 is 0.788 bits per heavy atom. The zero-order chi connectivity index (χ0) is 22.6. The Hall–Kier alpha value is -3.51. The molecule has 0 unspecified atom stereocenters. The fourth-order valence-corrected chi connectivity index (χ4v) is 4.73. The summed E-state index contributed by atoms with van der Waals surface area (Å²) in [6.45, 7) is 2.97. The summed E-state index contributed by atoms with van der Waals surface area (Å²) in [6, 6.07) is 26.6. The third kappa shape index (κ3) is 4.81. The Balaban J connectivity index is 1.20. The van der Waals surface area contributed by atoms with E-state index in [1.165, 1.54) is 11.1 Å². The molecule has 1 saturated heterocycles. The number of aromatic nitrogens is 1. The first-order chi connectivity index (χ1) is 16.2. The van der Waals surface area contributed by atoms with Crippen LogP contribution in [0.25, 0.3) is 0 Å². The standard InChI is InChI=1S/C27H28N4O2/c32-26(29-24-13-7-8-14-28-24)22-19-23(22)27(33)31-17-15-30(16-18-31)25(20-9-3-1-4-10-20)21-11-5-2-6-12-21/h1-14,22-23,25H,15-19H2,(H,28,29,32)/t22-,23-/m0/s1. The zero-order valence-corrected chi connectivity index (χ0v) is 18.5. The third-order valence-corrected chi connectivity index (χ3v) is 6.58. The van der Waals surface area contributed by atoms with Crippen molar-refractivity contribution in [2.75, 3.05) is 31.5 Å². The number of carbonyl (C=O) groups is 2. The number of carbonyl (C=O) groups excluding carboxylic acids is 2. The van der Waals surface area contributed by atoms with Crippen molar-refractivity contribution in [2.24, 2.45) is 11.8 Å². The number of rotatable bonds is 6. The van der Waals surface area contributed by atoms with Gasteiger partial charge in [0.1, 0.15) is 5.82 Å². The lowest BCUT2D eigenvalue weighted by atomic mass is 9.96. The second-order valence-corrected chi connectivity index (χ2v) is 8.74. The van der Waals surface area contributed by atoms with Crippen molar-refractivity contribution >= 4 is 17.6 Å². The maximum Gasteiger partial charge on any atom is 0.229 e. The molecule has 0 radical (unpaired) electrons. The first-order valence-corrected chi connectivity index (χ1v) is 11.6. The van der Waals surface area contributed by atoms with Gasteiger partial charge in [-0.3, -0.25) is 14.5 Å². The summed E-state index contributed by atoms with van der Waals surface area (Å²) in [5.74, 6) is 0.0611. The lowest BCUT2D eigenvalue weighted by Gasteiger charge is -2.40. The molecule has 2 heterocycles. The van der Waals surface area contributed by atoms with Gasteiger partial charge in [-0.15, -0.1) is 0 Å². The number of hydrogen-bond donors (Lipinski definition) is 1. The Kier molecular flexibility index (Phi) is 6.17. The Labute approximate surface area is 194 Å². The first kappa shape index (κ1) is 21.3. The Bertz CT molecular complexity index is 1040. The summed E-state index contributed by atoms with van der Waals surface area (Å²) in [4.78, 5) is 34.1. The van der Waals surface area contributed by atoms with Crippen molar-refractivity contribution in [3.05, 3.63) is 96.2 Å². The normalized spacial score (nSPS) is 20.5. The molecule has 2 amide bonds. The number of hydrogen-bond acceptors (Lipinski definition) is 4. The second kappa shape index (κ2) is 9.55. The van der Waals surface area contributed by atoms with Crippen LogP contribution in [0.1, 0.15) is 23.6 Å². The molecule has 168 valence electrons. The fraction of sp³-hybridized carbons (Fsp3) is 0.296. The van der Waals surface area contributed by atoms with Crippen LogP contribution in [0.5, 0.6) is 0 Å². The van der Waals surface area contributed by atoms with Gasteiger partial charge >= 0.3 is 0 Å². The Morgan fingerprint density at radius 3 is 1.97 bits per heavy atom. The number of nitrogens with one attached hydrogen (secondary N) is 1. The van der Waals surface area contributed by atoms with Crippen molar-refractivity contribution in [3.63, 3.8) is 0 Å². The van der Waals surface area contributed by atoms with Gasteiger partial charge in [-0.1, -0.05) is 66.7 Å². The van der Waals surface area contributed by atoms with E-state index >= 15 is 0 Å². The quantitative estimate of drug-likeness (QED) is 0.636. The van der Waals surface area contributed by atoms with E-state index in [4.69, 9.17) is 0 Å². The molecule has 1 aromatic heterocycles. The van der Waals surface area contributed by atoms with E-state index < -0.39 is 0 Å². The average molecular weight is 441 g/mol. The minimum Gasteiger partial charge on any atom is -0.340 e. The number of amides is 2. The molecule has 2 atom stereocenters. The second-order valence-electron chi connectivity index (χ2n) is 8.74. The highest BCUT2D eigenvalue weighted by Crippen LogP contribution is 2.41. The van der Waals surface area contributed by atoms with Gasteiger partial charge in [0.25, 0.3) is 0 Å². The van der Waals surface area contributed by atoms with Gasteiger partial charge in [0.05, 0.1) is 17.9 Å². The van der Waals surface area contributed by atoms with Crippen LogP contribution < -0.4 is 5.32 Å². The van der Waals surface area contributed by atoms with E-state index in [2.05, 4.69) is 63.7 Å². The summed E-state index contributed by atoms with van der Waals surface area (Å²) in [6.07, 6.45) is 2.26. The summed E-state index contributed by atoms with van der Waals surface area (Å²) >= 11 is 0. The van der Waals surface area contributed by atoms with Crippen LogP contribution in [0.2, 0.25) is 0 Å². The van der Waals surface area contributed by atoms with Crippen molar-refractivity contribution in [1.29, 1.82) is 0 Å². The maximum atomic E-state index is 13.1. The van der Waals surface area contributed by atoms with E-state index in [0.717, 1.165) is 13.1 Å². The minimum atomic E-state index is -0.251. The largest absolute Gasteiger partial charge is 0.340 e. The van der Waals surface area contributed by atoms with Crippen LogP contribution in [-0.2, 0) is 9.59 Å². The smallest absolute Gasteiger partial charge is 0.229 e. The fourth-order valence-electron chi connectivity index (χ4n) is 4.73. The number of benzene rings is 2. The monoisotopic (exact) mass is 440 g/mol. The highest BCUT2D eigenvalue weighted by atomic mass is 16.2. The van der Waals surface area contributed by atoms with Crippen LogP contribution in [0.3, 0.4) is 0 Å². The van der Waals surface area contributed by atoms with Gasteiger partial charge in [0.15, 0.2) is 0 Å². The molecule has 2 aliphatic rings. The molecule has 6 heteroatoms. The van der Waals surface area contributed by atoms with E-state index in [1.807, 2.05) is 23.1 Å². The van der Waals surface area contributed by atoms with Crippen molar-refractivity contribution in [2.45, 2.75) is 12.5 Å². The van der Waals surface area contributed by atoms with Gasteiger partial charge in [-0.25, -0.2) is 4.98 Å². The van der Waals surface area contributed by atoms with Crippen molar-refractivity contribution in [3.8, 4) is 0 Å². The van der Waals surface area contributed by atoms with E-state index in [9.17, 15) is 9.59 Å². The topological polar surface area (TPSA) is 65.5 Å². The zero-order valence-electron chi connectivity index (χ0n) is 18.5. The molecule has 5 rings (SSSR count). The molecule has 1 aliphatic carbocycles. The van der Waals surface area contributed by atoms with Crippen LogP contribution in [0, 0.1) is 11.8 Å². The molecule has 33 heavy (non-hydrogen) atoms. The number of anilines is 1. The minimum absolute atomic E-state index is 0.104. The molecule has 1 N–H and O–H groups in total. The lowest BCUT2D eigenvalue weighted by molar-refractivity contribution is -0.136. The molecular weight excluding hydrogens is 412 g/mol. The third-order valence-electron chi connectivity index (χ3n) is 6.58. The van der Waals surface area contributed by atoms with Crippen LogP contribution in [-0.4, -0.2) is 52.8 Å². The average Bonchev–Trinajstić information content (AvgIpc) is 3.68. The molecule has 1 saturated carbocycles. The molecule has 3 aromatic rings. The Morgan fingerprint density at radius 2 is 1.39 bits per heavy atom. The number of piperazine rings is 1. The number of pyridine rings is 1. The molecule has 0 spiro atoms. The van der Waals surface area contributed by atoms with E-state index in [0.29, 0.717) is 25.3 Å². The van der Waals surface area contributed by atoms with Gasteiger partial charge in [-0.2, -0.15) is 0 Å². The van der Waals surface area contributed by atoms with E-state index in [1.54, 1.807) is 18.3 Å². The van der Waals surface area contributed by atoms with Crippen LogP contribution >= 0.6 is 0 Å². The molecule has 2 fully saturated rings. The predicted octanol–water partition coefficient (Wildman–Crippen LogP) is 3.59. The van der Waals surface area contributed by atoms with Gasteiger partial charge in [0, 0.05) is 32.4 Å². The van der Waals surface area contributed by atoms with Gasteiger partial charge in [-0.05, 0) is 29.7 Å². The predicted molar refractivity (Wildman–Crippen MR) is 127 cm³/mol. The molecule has 0 bridgehead atoms. The summed E-state index contributed by atoms with van der Waals surface area (Å²) in [5, 5.41) is 2.82. The number of nitrogens with zero attached hydrogens (tertiary/aromatic N) is 3. The SMILES string of the molecule is O=C(Nc1ccccn1)[C@H]1C[C@@H]1C(=O)N1CCN(C(c2ccccc2)c2ccccc2)CC1. The van der Waals surface area contributed by atoms with E-state index in [-0.39, 0.29) is 29.7 Å². The maximum absolute atomic E-state index is 13.1. The lowest BCUT2D eigenvalue weighted by Crippen LogP contribution is -2.50. The highest BCUT2D eigenvalue weighted by molar-refractivity contribution is 5.99. The summed E-state index contributed by atoms with van der Waals surface area (Å²) in [7, 11) is 0. The molecule has 6 nitrogen and oxygen atoms in total. The summed E-state index contributed by atoms with van der Waals surface area (Å²) in [5.41, 5.74) is 2.52. The van der Waals surface area contributed by atoms with Crippen molar-refractivity contribution in [1.82, 2.24) is 14.8 Å². The first-order valence-electron chi connectivity index (χ1n) is 11.6. The highest BCUT2D eigenvalue weighted by Gasteiger charge is 2.50. The molecule has 2 aromatic carbocycles. The van der Waals surface area contributed by atoms with Crippen molar-refractivity contribution < 1.29 is 9.59 Å². The van der Waals surface area contributed by atoms with Gasteiger partial charge in [0.2, 0.25) is 11.8 Å². The van der Waals surface area contributed by atoms with Gasteiger partial charge < -0.3 is 10.2 Å².